The molecule has 3 rings (SSSR count). The predicted octanol–water partition coefficient (Wildman–Crippen LogP) is 4.39. The summed E-state index contributed by atoms with van der Waals surface area (Å²) in [4.78, 5) is 16.2. The van der Waals surface area contributed by atoms with Crippen LogP contribution in [-0.2, 0) is 0 Å². The molecular formula is C18H15N3O. The molecule has 1 aromatic heterocycles. The molecule has 0 fully saturated rings. The first-order chi connectivity index (χ1) is 10.8. The second-order valence-corrected chi connectivity index (χ2v) is 4.73. The monoisotopic (exact) mass is 289 g/mol. The maximum absolute atomic E-state index is 12.1. The van der Waals surface area contributed by atoms with E-state index in [2.05, 4.69) is 15.6 Å². The third-order valence-electron chi connectivity index (χ3n) is 3.18. The van der Waals surface area contributed by atoms with Gasteiger partial charge in [0.2, 0.25) is 0 Å². The van der Waals surface area contributed by atoms with Gasteiger partial charge >= 0.3 is 6.03 Å². The second-order valence-electron chi connectivity index (χ2n) is 4.73. The minimum absolute atomic E-state index is 0.275. The molecule has 0 unspecified atom stereocenters. The average molecular weight is 289 g/mol. The number of pyridine rings is 1. The van der Waals surface area contributed by atoms with Crippen molar-refractivity contribution >= 4 is 17.4 Å². The lowest BCUT2D eigenvalue weighted by molar-refractivity contribution is 0.262. The Morgan fingerprint density at radius 1 is 0.818 bits per heavy atom. The van der Waals surface area contributed by atoms with Crippen LogP contribution < -0.4 is 10.6 Å². The maximum Gasteiger partial charge on any atom is 0.323 e. The van der Waals surface area contributed by atoms with E-state index < -0.39 is 0 Å². The molecule has 1 heterocycles. The number of carbonyl (C=O) groups is 1. The van der Waals surface area contributed by atoms with Gasteiger partial charge in [-0.15, -0.1) is 0 Å². The highest BCUT2D eigenvalue weighted by Gasteiger charge is 2.08. The minimum atomic E-state index is -0.275. The maximum atomic E-state index is 12.1. The molecule has 0 bridgehead atoms. The van der Waals surface area contributed by atoms with Crippen LogP contribution in [0.3, 0.4) is 0 Å². The Bertz CT molecular complexity index is 758. The Balaban J connectivity index is 1.80. The highest BCUT2D eigenvalue weighted by atomic mass is 16.2. The SMILES string of the molecule is O=C(Nc1ccccc1)Nc1ccccc1-c1cccnc1. The summed E-state index contributed by atoms with van der Waals surface area (Å²) in [5, 5.41) is 5.68. The highest BCUT2D eigenvalue weighted by Crippen LogP contribution is 2.27. The number of carbonyl (C=O) groups excluding carboxylic acids is 1. The van der Waals surface area contributed by atoms with Gasteiger partial charge in [0.15, 0.2) is 0 Å². The Hall–Kier alpha value is -3.14. The lowest BCUT2D eigenvalue weighted by Gasteiger charge is -2.12. The van der Waals surface area contributed by atoms with Gasteiger partial charge in [0.05, 0.1) is 5.69 Å². The number of amides is 2. The van der Waals surface area contributed by atoms with E-state index in [0.717, 1.165) is 22.5 Å². The van der Waals surface area contributed by atoms with Crippen LogP contribution in [0.15, 0.2) is 79.1 Å². The Labute approximate surface area is 128 Å². The fourth-order valence-electron chi connectivity index (χ4n) is 2.17. The molecule has 0 spiro atoms. The Morgan fingerprint density at radius 2 is 1.59 bits per heavy atom. The third-order valence-corrected chi connectivity index (χ3v) is 3.18. The van der Waals surface area contributed by atoms with Gasteiger partial charge in [-0.2, -0.15) is 0 Å². The molecule has 0 saturated carbocycles. The molecule has 2 amide bonds. The summed E-state index contributed by atoms with van der Waals surface area (Å²) < 4.78 is 0. The van der Waals surface area contributed by atoms with E-state index in [1.54, 1.807) is 12.4 Å². The molecule has 2 N–H and O–H groups in total. The number of nitrogens with one attached hydrogen (secondary N) is 2. The van der Waals surface area contributed by atoms with Crippen molar-refractivity contribution in [3.05, 3.63) is 79.1 Å². The normalized spacial score (nSPS) is 10.0. The molecule has 2 aromatic carbocycles. The van der Waals surface area contributed by atoms with Crippen LogP contribution in [0, 0.1) is 0 Å². The fourth-order valence-corrected chi connectivity index (χ4v) is 2.17. The number of nitrogens with zero attached hydrogens (tertiary/aromatic N) is 1. The van der Waals surface area contributed by atoms with E-state index >= 15 is 0 Å². The van der Waals surface area contributed by atoms with Crippen molar-refractivity contribution in [2.75, 3.05) is 10.6 Å². The summed E-state index contributed by atoms with van der Waals surface area (Å²) in [5.41, 5.74) is 3.37. The summed E-state index contributed by atoms with van der Waals surface area (Å²) in [6.07, 6.45) is 3.50. The number of aromatic nitrogens is 1. The summed E-state index contributed by atoms with van der Waals surface area (Å²) >= 11 is 0. The van der Waals surface area contributed by atoms with Crippen molar-refractivity contribution in [1.82, 2.24) is 4.98 Å². The smallest absolute Gasteiger partial charge is 0.308 e. The molecule has 3 aromatic rings. The van der Waals surface area contributed by atoms with Gasteiger partial charge in [0.1, 0.15) is 0 Å². The first-order valence-electron chi connectivity index (χ1n) is 6.95. The molecule has 4 nitrogen and oxygen atoms in total. The first kappa shape index (κ1) is 13.8. The minimum Gasteiger partial charge on any atom is -0.308 e. The summed E-state index contributed by atoms with van der Waals surface area (Å²) in [6, 6.07) is 20.5. The quantitative estimate of drug-likeness (QED) is 0.751. The van der Waals surface area contributed by atoms with E-state index in [0.29, 0.717) is 0 Å². The number of para-hydroxylation sites is 2. The number of anilines is 2. The third kappa shape index (κ3) is 3.30. The number of benzene rings is 2. The summed E-state index contributed by atoms with van der Waals surface area (Å²) in [6.45, 7) is 0. The van der Waals surface area contributed by atoms with Crippen molar-refractivity contribution in [3.8, 4) is 11.1 Å². The van der Waals surface area contributed by atoms with E-state index in [-0.39, 0.29) is 6.03 Å². The fraction of sp³-hybridized carbons (Fsp3) is 0. The van der Waals surface area contributed by atoms with Crippen molar-refractivity contribution in [2.45, 2.75) is 0 Å². The van der Waals surface area contributed by atoms with Crippen molar-refractivity contribution in [2.24, 2.45) is 0 Å². The van der Waals surface area contributed by atoms with Gasteiger partial charge < -0.3 is 10.6 Å². The van der Waals surface area contributed by atoms with Crippen LogP contribution >= 0.6 is 0 Å². The summed E-state index contributed by atoms with van der Waals surface area (Å²) in [7, 11) is 0. The molecule has 0 radical (unpaired) electrons. The highest BCUT2D eigenvalue weighted by molar-refractivity contribution is 6.02. The van der Waals surface area contributed by atoms with Gasteiger partial charge in [-0.3, -0.25) is 4.98 Å². The topological polar surface area (TPSA) is 54.0 Å². The zero-order chi connectivity index (χ0) is 15.2. The van der Waals surface area contributed by atoms with E-state index in [4.69, 9.17) is 0 Å². The zero-order valence-electron chi connectivity index (χ0n) is 11.9. The largest absolute Gasteiger partial charge is 0.323 e. The molecule has 4 heteroatoms. The lowest BCUT2D eigenvalue weighted by Crippen LogP contribution is -2.19. The lowest BCUT2D eigenvalue weighted by atomic mass is 10.1. The van der Waals surface area contributed by atoms with E-state index in [1.165, 1.54) is 0 Å². The van der Waals surface area contributed by atoms with E-state index in [9.17, 15) is 4.79 Å². The molecular weight excluding hydrogens is 274 g/mol. The van der Waals surface area contributed by atoms with Crippen molar-refractivity contribution < 1.29 is 4.79 Å². The predicted molar refractivity (Wildman–Crippen MR) is 88.8 cm³/mol. The van der Waals surface area contributed by atoms with Crippen LogP contribution in [0.1, 0.15) is 0 Å². The van der Waals surface area contributed by atoms with Crippen LogP contribution in [0.4, 0.5) is 16.2 Å². The second kappa shape index (κ2) is 6.54. The van der Waals surface area contributed by atoms with E-state index in [1.807, 2.05) is 66.7 Å². The molecule has 0 aliphatic rings. The Morgan fingerprint density at radius 3 is 2.36 bits per heavy atom. The molecule has 0 aliphatic heterocycles. The van der Waals surface area contributed by atoms with Crippen molar-refractivity contribution in [3.63, 3.8) is 0 Å². The first-order valence-corrected chi connectivity index (χ1v) is 6.95. The van der Waals surface area contributed by atoms with Gasteiger partial charge in [-0.25, -0.2) is 4.79 Å². The van der Waals surface area contributed by atoms with Gasteiger partial charge in [0, 0.05) is 29.2 Å². The summed E-state index contributed by atoms with van der Waals surface area (Å²) in [5.74, 6) is 0. The van der Waals surface area contributed by atoms with Gasteiger partial charge in [-0.05, 0) is 24.3 Å². The number of rotatable bonds is 3. The zero-order valence-corrected chi connectivity index (χ0v) is 11.9. The van der Waals surface area contributed by atoms with Gasteiger partial charge in [0.25, 0.3) is 0 Å². The number of hydrogen-bond acceptors (Lipinski definition) is 2. The molecule has 0 aliphatic carbocycles. The molecule has 0 saturated heterocycles. The Kier molecular flexibility index (Phi) is 4.11. The molecule has 0 atom stereocenters. The van der Waals surface area contributed by atoms with Crippen LogP contribution in [0.5, 0.6) is 0 Å². The van der Waals surface area contributed by atoms with Gasteiger partial charge in [-0.1, -0.05) is 42.5 Å². The molecule has 22 heavy (non-hydrogen) atoms. The molecule has 108 valence electrons. The van der Waals surface area contributed by atoms with Crippen LogP contribution in [-0.4, -0.2) is 11.0 Å². The standard InChI is InChI=1S/C18H15N3O/c22-18(20-15-8-2-1-3-9-15)21-17-11-5-4-10-16(17)14-7-6-12-19-13-14/h1-13H,(H2,20,21,22). The average Bonchev–Trinajstić information content (AvgIpc) is 2.57. The number of urea groups is 1. The van der Waals surface area contributed by atoms with Crippen LogP contribution in [0.25, 0.3) is 11.1 Å². The van der Waals surface area contributed by atoms with Crippen molar-refractivity contribution in [1.29, 1.82) is 0 Å². The number of hydrogen-bond donors (Lipinski definition) is 2. The van der Waals surface area contributed by atoms with Crippen LogP contribution in [0.2, 0.25) is 0 Å².